The van der Waals surface area contributed by atoms with Crippen LogP contribution in [0.25, 0.3) is 11.6 Å². The maximum absolute atomic E-state index is 12.5. The van der Waals surface area contributed by atoms with Crippen LogP contribution >= 0.6 is 0 Å². The number of hydrogen-bond donors (Lipinski definition) is 1. The molecule has 1 aliphatic carbocycles. The van der Waals surface area contributed by atoms with Crippen molar-refractivity contribution in [2.75, 3.05) is 5.32 Å². The Morgan fingerprint density at radius 3 is 2.56 bits per heavy atom. The number of anilines is 1. The molecule has 0 unspecified atom stereocenters. The molecule has 4 heterocycles. The third-order valence-electron chi connectivity index (χ3n) is 5.71. The third-order valence-corrected chi connectivity index (χ3v) is 5.71. The molecule has 0 spiro atoms. The maximum atomic E-state index is 12.5. The fourth-order valence-electron chi connectivity index (χ4n) is 4.19. The molecule has 0 aliphatic heterocycles. The summed E-state index contributed by atoms with van der Waals surface area (Å²) in [6.45, 7) is 3.93. The van der Waals surface area contributed by atoms with Gasteiger partial charge in [0.15, 0.2) is 11.6 Å². The summed E-state index contributed by atoms with van der Waals surface area (Å²) >= 11 is 0. The minimum Gasteiger partial charge on any atom is -0.366 e. The summed E-state index contributed by atoms with van der Waals surface area (Å²) in [5.74, 6) is 1.97. The van der Waals surface area contributed by atoms with Gasteiger partial charge in [0.25, 0.3) is 5.56 Å². The Labute approximate surface area is 184 Å². The summed E-state index contributed by atoms with van der Waals surface area (Å²) in [6, 6.07) is 5.61. The Kier molecular flexibility index (Phi) is 5.21. The molecule has 0 aromatic carbocycles. The molecular weight excluding hydrogens is 408 g/mol. The van der Waals surface area contributed by atoms with E-state index in [1.54, 1.807) is 44.9 Å². The van der Waals surface area contributed by atoms with Crippen LogP contribution in [0.4, 0.5) is 5.82 Å². The van der Waals surface area contributed by atoms with E-state index in [9.17, 15) is 4.79 Å². The van der Waals surface area contributed by atoms with E-state index in [2.05, 4.69) is 35.6 Å². The highest BCUT2D eigenvalue weighted by atomic mass is 16.1. The monoisotopic (exact) mass is 432 g/mol. The Bertz CT molecular complexity index is 1270. The largest absolute Gasteiger partial charge is 0.366 e. The Morgan fingerprint density at radius 2 is 1.84 bits per heavy atom. The Hall–Kier alpha value is -3.89. The van der Waals surface area contributed by atoms with E-state index >= 15 is 0 Å². The van der Waals surface area contributed by atoms with Crippen molar-refractivity contribution >= 4 is 5.82 Å². The molecule has 0 atom stereocenters. The molecule has 1 aliphatic rings. The highest BCUT2D eigenvalue weighted by Gasteiger charge is 2.24. The average Bonchev–Trinajstić information content (AvgIpc) is 3.45. The molecule has 1 N–H and O–H groups in total. The van der Waals surface area contributed by atoms with E-state index in [1.165, 1.54) is 6.33 Å². The van der Waals surface area contributed by atoms with Crippen LogP contribution in [0.3, 0.4) is 0 Å². The van der Waals surface area contributed by atoms with Gasteiger partial charge in [-0.15, -0.1) is 5.10 Å². The van der Waals surface area contributed by atoms with E-state index in [1.807, 2.05) is 19.9 Å². The van der Waals surface area contributed by atoms with E-state index < -0.39 is 0 Å². The second-order valence-electron chi connectivity index (χ2n) is 8.07. The lowest BCUT2D eigenvalue weighted by Crippen LogP contribution is -2.33. The summed E-state index contributed by atoms with van der Waals surface area (Å²) in [5.41, 5.74) is 1.82. The van der Waals surface area contributed by atoms with E-state index in [0.29, 0.717) is 17.5 Å². The molecular formula is C21H24N10O. The molecule has 0 bridgehead atoms. The van der Waals surface area contributed by atoms with Crippen LogP contribution in [0.1, 0.15) is 43.1 Å². The predicted octanol–water partition coefficient (Wildman–Crippen LogP) is 2.01. The number of aromatic nitrogens is 9. The molecule has 11 nitrogen and oxygen atoms in total. The lowest BCUT2D eigenvalue weighted by Gasteiger charge is -2.30. The van der Waals surface area contributed by atoms with Gasteiger partial charge in [0, 0.05) is 17.8 Å². The molecule has 4 aromatic heterocycles. The van der Waals surface area contributed by atoms with Crippen LogP contribution in [0.2, 0.25) is 0 Å². The molecule has 32 heavy (non-hydrogen) atoms. The van der Waals surface area contributed by atoms with Gasteiger partial charge in [-0.25, -0.2) is 24.0 Å². The van der Waals surface area contributed by atoms with Gasteiger partial charge in [-0.05, 0) is 51.7 Å². The normalized spacial score (nSPS) is 18.6. The van der Waals surface area contributed by atoms with Crippen molar-refractivity contribution in [1.29, 1.82) is 0 Å². The quantitative estimate of drug-likeness (QED) is 0.508. The van der Waals surface area contributed by atoms with Gasteiger partial charge in [-0.3, -0.25) is 9.78 Å². The summed E-state index contributed by atoms with van der Waals surface area (Å²) in [6.07, 6.45) is 9.90. The zero-order valence-electron chi connectivity index (χ0n) is 18.0. The molecule has 164 valence electrons. The molecule has 11 heteroatoms. The SMILES string of the molecule is Cc1cc(C)n(-c2ccc(=O)n(C3CCC(Nc4cncc(-n5cncn5)n4)CC3)n2)n1. The highest BCUT2D eigenvalue weighted by molar-refractivity contribution is 5.36. The van der Waals surface area contributed by atoms with Crippen molar-refractivity contribution in [3.8, 4) is 11.6 Å². The van der Waals surface area contributed by atoms with Crippen LogP contribution in [0, 0.1) is 13.8 Å². The van der Waals surface area contributed by atoms with Crippen molar-refractivity contribution < 1.29 is 0 Å². The summed E-state index contributed by atoms with van der Waals surface area (Å²) in [7, 11) is 0. The van der Waals surface area contributed by atoms with Gasteiger partial charge in [0.1, 0.15) is 18.5 Å². The molecule has 0 saturated heterocycles. The smallest absolute Gasteiger partial charge is 0.267 e. The van der Waals surface area contributed by atoms with Crippen LogP contribution in [-0.2, 0) is 0 Å². The second kappa shape index (κ2) is 8.33. The zero-order chi connectivity index (χ0) is 22.1. The average molecular weight is 432 g/mol. The van der Waals surface area contributed by atoms with Crippen molar-refractivity contribution in [3.05, 3.63) is 65.0 Å². The number of rotatable bonds is 5. The first kappa shape index (κ1) is 20.0. The van der Waals surface area contributed by atoms with Gasteiger partial charge in [0.2, 0.25) is 0 Å². The molecule has 1 fully saturated rings. The van der Waals surface area contributed by atoms with Crippen molar-refractivity contribution in [1.82, 2.24) is 44.3 Å². The first-order valence-electron chi connectivity index (χ1n) is 10.6. The molecule has 5 rings (SSSR count). The minimum absolute atomic E-state index is 0.0602. The first-order valence-corrected chi connectivity index (χ1v) is 10.6. The third kappa shape index (κ3) is 4.01. The molecule has 4 aromatic rings. The lowest BCUT2D eigenvalue weighted by molar-refractivity contribution is 0.302. The van der Waals surface area contributed by atoms with E-state index in [0.717, 1.165) is 37.1 Å². The van der Waals surface area contributed by atoms with Crippen LogP contribution in [0.15, 0.2) is 48.0 Å². The fourth-order valence-corrected chi connectivity index (χ4v) is 4.19. The second-order valence-corrected chi connectivity index (χ2v) is 8.07. The maximum Gasteiger partial charge on any atom is 0.267 e. The lowest BCUT2D eigenvalue weighted by atomic mass is 9.91. The molecule has 1 saturated carbocycles. The molecule has 0 radical (unpaired) electrons. The zero-order valence-corrected chi connectivity index (χ0v) is 18.0. The van der Waals surface area contributed by atoms with Gasteiger partial charge in [-0.1, -0.05) is 0 Å². The number of nitrogens with one attached hydrogen (secondary N) is 1. The molecule has 0 amide bonds. The van der Waals surface area contributed by atoms with Crippen molar-refractivity contribution in [2.24, 2.45) is 0 Å². The number of aryl methyl sites for hydroxylation is 2. The number of hydrogen-bond acceptors (Lipinski definition) is 8. The van der Waals surface area contributed by atoms with Crippen LogP contribution in [-0.4, -0.2) is 50.3 Å². The highest BCUT2D eigenvalue weighted by Crippen LogP contribution is 2.28. The minimum atomic E-state index is -0.0851. The van der Waals surface area contributed by atoms with Crippen LogP contribution in [0.5, 0.6) is 0 Å². The van der Waals surface area contributed by atoms with Crippen molar-refractivity contribution in [3.63, 3.8) is 0 Å². The van der Waals surface area contributed by atoms with Gasteiger partial charge >= 0.3 is 0 Å². The number of nitrogens with zero attached hydrogens (tertiary/aromatic N) is 9. The van der Waals surface area contributed by atoms with Gasteiger partial charge < -0.3 is 5.32 Å². The summed E-state index contributed by atoms with van der Waals surface area (Å²) in [4.78, 5) is 25.3. The Morgan fingerprint density at radius 1 is 1.00 bits per heavy atom. The summed E-state index contributed by atoms with van der Waals surface area (Å²) in [5, 5.41) is 16.7. The first-order chi connectivity index (χ1) is 15.6. The summed E-state index contributed by atoms with van der Waals surface area (Å²) < 4.78 is 4.97. The predicted molar refractivity (Wildman–Crippen MR) is 117 cm³/mol. The standard InChI is InChI=1S/C21H24N10O/c1-14-9-15(2)30(27-14)19-7-8-21(32)31(28-19)17-5-3-16(4-6-17)25-18-10-22-11-20(26-18)29-13-23-12-24-29/h7-13,16-17H,3-6H2,1-2H3,(H,25,26). The van der Waals surface area contributed by atoms with E-state index in [-0.39, 0.29) is 17.6 Å². The van der Waals surface area contributed by atoms with E-state index in [4.69, 9.17) is 0 Å². The van der Waals surface area contributed by atoms with Crippen LogP contribution < -0.4 is 10.9 Å². The topological polar surface area (TPSA) is 121 Å². The Balaban J connectivity index is 1.27. The van der Waals surface area contributed by atoms with Gasteiger partial charge in [0.05, 0.1) is 24.1 Å². The van der Waals surface area contributed by atoms with Gasteiger partial charge in [-0.2, -0.15) is 10.2 Å². The fraction of sp³-hybridized carbons (Fsp3) is 0.381. The van der Waals surface area contributed by atoms with Crippen molar-refractivity contribution in [2.45, 2.75) is 51.6 Å².